The summed E-state index contributed by atoms with van der Waals surface area (Å²) in [4.78, 5) is 23.7. The van der Waals surface area contributed by atoms with E-state index in [1.165, 1.54) is 0 Å². The Bertz CT molecular complexity index is 696. The average Bonchev–Trinajstić information content (AvgIpc) is 2.62. The van der Waals surface area contributed by atoms with E-state index in [0.29, 0.717) is 17.0 Å². The molecule has 1 unspecified atom stereocenters. The van der Waals surface area contributed by atoms with Crippen LogP contribution in [0.15, 0.2) is 48.5 Å². The predicted molar refractivity (Wildman–Crippen MR) is 91.5 cm³/mol. The van der Waals surface area contributed by atoms with Crippen molar-refractivity contribution in [1.29, 1.82) is 0 Å². The zero-order chi connectivity index (χ0) is 17.5. The van der Waals surface area contributed by atoms with E-state index in [0.717, 1.165) is 5.75 Å². The quantitative estimate of drug-likeness (QED) is 0.854. The second kappa shape index (κ2) is 8.01. The van der Waals surface area contributed by atoms with Gasteiger partial charge in [-0.3, -0.25) is 9.59 Å². The Morgan fingerprint density at radius 1 is 0.958 bits per heavy atom. The second-order valence-corrected chi connectivity index (χ2v) is 5.08. The maximum Gasteiger partial charge on any atom is 0.265 e. The summed E-state index contributed by atoms with van der Waals surface area (Å²) in [6, 6.07) is 13.6. The van der Waals surface area contributed by atoms with Gasteiger partial charge in [0.1, 0.15) is 11.5 Å². The highest BCUT2D eigenvalue weighted by Gasteiger charge is 2.15. The van der Waals surface area contributed by atoms with Gasteiger partial charge in [-0.1, -0.05) is 0 Å². The lowest BCUT2D eigenvalue weighted by atomic mass is 10.2. The van der Waals surface area contributed by atoms with Crippen LogP contribution in [0.2, 0.25) is 0 Å². The summed E-state index contributed by atoms with van der Waals surface area (Å²) in [5, 5.41) is 5.29. The van der Waals surface area contributed by atoms with E-state index in [4.69, 9.17) is 9.47 Å². The van der Waals surface area contributed by atoms with Gasteiger partial charge in [-0.25, -0.2) is 0 Å². The summed E-state index contributed by atoms with van der Waals surface area (Å²) in [6.45, 7) is 1.67. The normalized spacial score (nSPS) is 11.3. The molecule has 0 bridgehead atoms. The number of ether oxygens (including phenoxy) is 2. The lowest BCUT2D eigenvalue weighted by molar-refractivity contribution is -0.122. The van der Waals surface area contributed by atoms with Gasteiger partial charge >= 0.3 is 0 Å². The maximum atomic E-state index is 12.2. The Balaban J connectivity index is 1.94. The molecule has 0 saturated heterocycles. The van der Waals surface area contributed by atoms with Crippen molar-refractivity contribution in [2.75, 3.05) is 19.5 Å². The summed E-state index contributed by atoms with van der Waals surface area (Å²) in [5.74, 6) is 0.840. The van der Waals surface area contributed by atoms with Gasteiger partial charge in [0.05, 0.1) is 7.11 Å². The number of carbonyl (C=O) groups excluding carboxylic acids is 2. The van der Waals surface area contributed by atoms with Crippen molar-refractivity contribution in [2.24, 2.45) is 0 Å². The molecular weight excluding hydrogens is 308 g/mol. The Labute approximate surface area is 140 Å². The van der Waals surface area contributed by atoms with Crippen LogP contribution in [0.4, 0.5) is 5.69 Å². The fourth-order valence-electron chi connectivity index (χ4n) is 2.01. The van der Waals surface area contributed by atoms with Gasteiger partial charge < -0.3 is 20.1 Å². The molecule has 2 aromatic rings. The minimum absolute atomic E-state index is 0.177. The van der Waals surface area contributed by atoms with Gasteiger partial charge in [-0.15, -0.1) is 0 Å². The molecule has 2 aromatic carbocycles. The molecule has 2 amide bonds. The van der Waals surface area contributed by atoms with Gasteiger partial charge in [0.2, 0.25) is 0 Å². The van der Waals surface area contributed by atoms with Crippen LogP contribution < -0.4 is 20.1 Å². The number of carbonyl (C=O) groups is 2. The molecule has 0 aromatic heterocycles. The van der Waals surface area contributed by atoms with Gasteiger partial charge in [0.25, 0.3) is 11.8 Å². The topological polar surface area (TPSA) is 76.7 Å². The summed E-state index contributed by atoms with van der Waals surface area (Å²) in [5.41, 5.74) is 1.12. The molecule has 6 heteroatoms. The molecule has 0 saturated carbocycles. The Hall–Kier alpha value is -3.02. The third kappa shape index (κ3) is 4.49. The highest BCUT2D eigenvalue weighted by Crippen LogP contribution is 2.18. The molecule has 126 valence electrons. The van der Waals surface area contributed by atoms with Crippen molar-refractivity contribution >= 4 is 17.5 Å². The first-order valence-electron chi connectivity index (χ1n) is 7.47. The molecule has 0 aliphatic carbocycles. The van der Waals surface area contributed by atoms with E-state index in [-0.39, 0.29) is 11.8 Å². The molecule has 24 heavy (non-hydrogen) atoms. The Morgan fingerprint density at radius 2 is 1.54 bits per heavy atom. The zero-order valence-electron chi connectivity index (χ0n) is 13.8. The minimum Gasteiger partial charge on any atom is -0.497 e. The van der Waals surface area contributed by atoms with Crippen LogP contribution in [0.5, 0.6) is 11.5 Å². The van der Waals surface area contributed by atoms with E-state index in [1.807, 2.05) is 0 Å². The molecule has 0 fully saturated rings. The summed E-state index contributed by atoms with van der Waals surface area (Å²) >= 11 is 0. The van der Waals surface area contributed by atoms with Crippen molar-refractivity contribution in [1.82, 2.24) is 5.32 Å². The van der Waals surface area contributed by atoms with Crippen LogP contribution in [0, 0.1) is 0 Å². The largest absolute Gasteiger partial charge is 0.497 e. The van der Waals surface area contributed by atoms with E-state index < -0.39 is 6.10 Å². The van der Waals surface area contributed by atoms with Crippen LogP contribution in [0.3, 0.4) is 0 Å². The van der Waals surface area contributed by atoms with Gasteiger partial charge in [-0.2, -0.15) is 0 Å². The molecule has 0 heterocycles. The van der Waals surface area contributed by atoms with Crippen molar-refractivity contribution in [3.05, 3.63) is 54.1 Å². The molecule has 0 aliphatic heterocycles. The number of anilines is 1. The summed E-state index contributed by atoms with van der Waals surface area (Å²) in [6.07, 6.45) is -0.669. The standard InChI is InChI=1S/C18H20N2O4/c1-12(24-16-10-8-15(23-3)9-11-16)17(21)20-14-6-4-13(5-7-14)18(22)19-2/h4-12H,1-3H3,(H,19,22)(H,20,21). The Morgan fingerprint density at radius 3 is 2.08 bits per heavy atom. The molecule has 0 aliphatic rings. The molecule has 0 spiro atoms. The van der Waals surface area contributed by atoms with Crippen LogP contribution in [0.25, 0.3) is 0 Å². The number of benzene rings is 2. The SMILES string of the molecule is CNC(=O)c1ccc(NC(=O)C(C)Oc2ccc(OC)cc2)cc1. The summed E-state index contributed by atoms with van der Waals surface area (Å²) in [7, 11) is 3.15. The number of amides is 2. The van der Waals surface area contributed by atoms with Crippen molar-refractivity contribution < 1.29 is 19.1 Å². The van der Waals surface area contributed by atoms with Crippen LogP contribution in [-0.4, -0.2) is 32.1 Å². The van der Waals surface area contributed by atoms with Gasteiger partial charge in [0.15, 0.2) is 6.10 Å². The Kier molecular flexibility index (Phi) is 5.78. The van der Waals surface area contributed by atoms with Crippen molar-refractivity contribution in [3.63, 3.8) is 0 Å². The van der Waals surface area contributed by atoms with Crippen molar-refractivity contribution in [3.8, 4) is 11.5 Å². The molecule has 6 nitrogen and oxygen atoms in total. The highest BCUT2D eigenvalue weighted by molar-refractivity contribution is 5.96. The predicted octanol–water partition coefficient (Wildman–Crippen LogP) is 2.46. The number of nitrogens with one attached hydrogen (secondary N) is 2. The van der Waals surface area contributed by atoms with Crippen LogP contribution >= 0.6 is 0 Å². The van der Waals surface area contributed by atoms with Crippen LogP contribution in [0.1, 0.15) is 17.3 Å². The molecule has 2 rings (SSSR count). The number of methoxy groups -OCH3 is 1. The monoisotopic (exact) mass is 328 g/mol. The molecule has 0 radical (unpaired) electrons. The number of hydrogen-bond acceptors (Lipinski definition) is 4. The summed E-state index contributed by atoms with van der Waals surface area (Å²) < 4.78 is 10.7. The van der Waals surface area contributed by atoms with Gasteiger partial charge in [-0.05, 0) is 55.5 Å². The minimum atomic E-state index is -0.669. The fraction of sp³-hybridized carbons (Fsp3) is 0.222. The van der Waals surface area contributed by atoms with Crippen molar-refractivity contribution in [2.45, 2.75) is 13.0 Å². The highest BCUT2D eigenvalue weighted by atomic mass is 16.5. The third-order valence-corrected chi connectivity index (χ3v) is 3.38. The lowest BCUT2D eigenvalue weighted by Gasteiger charge is -2.15. The van der Waals surface area contributed by atoms with E-state index in [9.17, 15) is 9.59 Å². The van der Waals surface area contributed by atoms with E-state index >= 15 is 0 Å². The fourth-order valence-corrected chi connectivity index (χ4v) is 2.01. The average molecular weight is 328 g/mol. The van der Waals surface area contributed by atoms with Crippen LogP contribution in [-0.2, 0) is 4.79 Å². The second-order valence-electron chi connectivity index (χ2n) is 5.08. The number of rotatable bonds is 6. The van der Waals surface area contributed by atoms with E-state index in [2.05, 4.69) is 10.6 Å². The molecule has 2 N–H and O–H groups in total. The number of hydrogen-bond donors (Lipinski definition) is 2. The first kappa shape index (κ1) is 17.3. The molecule has 1 atom stereocenters. The smallest absolute Gasteiger partial charge is 0.265 e. The van der Waals surface area contributed by atoms with Gasteiger partial charge in [0, 0.05) is 18.3 Å². The van der Waals surface area contributed by atoms with E-state index in [1.54, 1.807) is 69.6 Å². The maximum absolute atomic E-state index is 12.2. The molecular formula is C18H20N2O4. The first-order chi connectivity index (χ1) is 11.5. The first-order valence-corrected chi connectivity index (χ1v) is 7.47. The zero-order valence-corrected chi connectivity index (χ0v) is 13.8. The lowest BCUT2D eigenvalue weighted by Crippen LogP contribution is -2.30. The third-order valence-electron chi connectivity index (χ3n) is 3.38.